The topological polar surface area (TPSA) is 18.5 Å². The van der Waals surface area contributed by atoms with Gasteiger partial charge in [-0.2, -0.15) is 0 Å². The van der Waals surface area contributed by atoms with E-state index in [1.54, 1.807) is 20.3 Å². The first-order valence-electron chi connectivity index (χ1n) is 2.42. The van der Waals surface area contributed by atoms with Crippen LogP contribution in [0.15, 0.2) is 12.7 Å². The molecule has 0 unspecified atom stereocenters. The standard InChI is InChI=1S/C5H12O2Si/c1-4-5(8,6-2)7-3/h4H,1H2,2-3,8H3. The van der Waals surface area contributed by atoms with Crippen LogP contribution in [0, 0.1) is 0 Å². The molecular weight excluding hydrogens is 120 g/mol. The Morgan fingerprint density at radius 1 is 1.50 bits per heavy atom. The van der Waals surface area contributed by atoms with E-state index in [1.165, 1.54) is 0 Å². The van der Waals surface area contributed by atoms with Gasteiger partial charge in [0.15, 0.2) is 5.41 Å². The van der Waals surface area contributed by atoms with Gasteiger partial charge in [0.2, 0.25) is 0 Å². The van der Waals surface area contributed by atoms with E-state index in [0.29, 0.717) is 0 Å². The molecular formula is C5H12O2Si. The molecule has 0 aromatic heterocycles. The third-order valence-electron chi connectivity index (χ3n) is 1.18. The second-order valence-corrected chi connectivity index (χ2v) is 3.02. The molecule has 0 rings (SSSR count). The fourth-order valence-corrected chi connectivity index (χ4v) is 0.250. The zero-order valence-electron chi connectivity index (χ0n) is 5.60. The molecule has 0 radical (unpaired) electrons. The highest BCUT2D eigenvalue weighted by Gasteiger charge is 2.15. The van der Waals surface area contributed by atoms with Gasteiger partial charge in [-0.15, -0.1) is 0 Å². The largest absolute Gasteiger partial charge is 0.354 e. The normalized spacial score (nSPS) is 11.8. The van der Waals surface area contributed by atoms with E-state index in [2.05, 4.69) is 6.58 Å². The molecule has 0 aliphatic heterocycles. The number of ether oxygens (including phenoxy) is 2. The van der Waals surface area contributed by atoms with E-state index in [9.17, 15) is 0 Å². The first-order valence-corrected chi connectivity index (χ1v) is 3.42. The minimum Gasteiger partial charge on any atom is -0.354 e. The highest BCUT2D eigenvalue weighted by atomic mass is 28.1. The molecule has 0 saturated carbocycles. The van der Waals surface area contributed by atoms with Crippen LogP contribution in [0.1, 0.15) is 0 Å². The van der Waals surface area contributed by atoms with Crippen LogP contribution in [0.2, 0.25) is 0 Å². The Labute approximate surface area is 52.9 Å². The van der Waals surface area contributed by atoms with Gasteiger partial charge >= 0.3 is 0 Å². The summed E-state index contributed by atoms with van der Waals surface area (Å²) in [6.07, 6.45) is 1.67. The Morgan fingerprint density at radius 2 is 1.88 bits per heavy atom. The lowest BCUT2D eigenvalue weighted by molar-refractivity contribution is -0.105. The number of hydrogen-bond acceptors (Lipinski definition) is 2. The Kier molecular flexibility index (Phi) is 2.97. The number of methoxy groups -OCH3 is 2. The van der Waals surface area contributed by atoms with Gasteiger partial charge in [-0.25, -0.2) is 0 Å². The quantitative estimate of drug-likeness (QED) is 0.292. The van der Waals surface area contributed by atoms with Crippen molar-refractivity contribution in [1.29, 1.82) is 0 Å². The van der Waals surface area contributed by atoms with Gasteiger partial charge in [0.25, 0.3) is 0 Å². The second kappa shape index (κ2) is 3.01. The summed E-state index contributed by atoms with van der Waals surface area (Å²) in [5, 5.41) is 0. The molecule has 0 fully saturated rings. The zero-order chi connectivity index (χ0) is 6.62. The van der Waals surface area contributed by atoms with Crippen LogP contribution in [0.25, 0.3) is 0 Å². The lowest BCUT2D eigenvalue weighted by Gasteiger charge is -2.21. The monoisotopic (exact) mass is 132 g/mol. The average Bonchev–Trinajstić information content (AvgIpc) is 1.87. The Balaban J connectivity index is 3.76. The molecule has 2 nitrogen and oxygen atoms in total. The van der Waals surface area contributed by atoms with Crippen LogP contribution >= 0.6 is 0 Å². The van der Waals surface area contributed by atoms with Gasteiger partial charge in [-0.3, -0.25) is 0 Å². The van der Waals surface area contributed by atoms with Crippen molar-refractivity contribution in [2.24, 2.45) is 0 Å². The molecule has 0 bridgehead atoms. The maximum atomic E-state index is 4.96. The molecule has 0 spiro atoms. The Morgan fingerprint density at radius 3 is 1.88 bits per heavy atom. The van der Waals surface area contributed by atoms with Gasteiger partial charge in [0.1, 0.15) is 0 Å². The summed E-state index contributed by atoms with van der Waals surface area (Å²) >= 11 is 0. The summed E-state index contributed by atoms with van der Waals surface area (Å²) in [7, 11) is 4.03. The molecule has 0 amide bonds. The van der Waals surface area contributed by atoms with Gasteiger partial charge in [-0.1, -0.05) is 6.58 Å². The molecule has 0 aliphatic rings. The summed E-state index contributed by atoms with van der Waals surface area (Å²) in [5.74, 6) is 0. The van der Waals surface area contributed by atoms with E-state index in [1.807, 2.05) is 0 Å². The van der Waals surface area contributed by atoms with E-state index in [4.69, 9.17) is 9.47 Å². The Hall–Kier alpha value is -0.123. The van der Waals surface area contributed by atoms with Crippen molar-refractivity contribution in [3.8, 4) is 0 Å². The Bertz CT molecular complexity index is 78.5. The van der Waals surface area contributed by atoms with Crippen molar-refractivity contribution < 1.29 is 9.47 Å². The first-order chi connectivity index (χ1) is 3.68. The fourth-order valence-electron chi connectivity index (χ4n) is 0.250. The van der Waals surface area contributed by atoms with E-state index >= 15 is 0 Å². The van der Waals surface area contributed by atoms with Gasteiger partial charge in [-0.05, 0) is 6.08 Å². The second-order valence-electron chi connectivity index (χ2n) is 1.63. The van der Waals surface area contributed by atoms with Crippen LogP contribution in [0.4, 0.5) is 0 Å². The van der Waals surface area contributed by atoms with Crippen molar-refractivity contribution in [2.75, 3.05) is 14.2 Å². The van der Waals surface area contributed by atoms with Crippen LogP contribution in [0.3, 0.4) is 0 Å². The summed E-state index contributed by atoms with van der Waals surface area (Å²) in [6.45, 7) is 3.56. The summed E-state index contributed by atoms with van der Waals surface area (Å²) < 4.78 is 9.92. The lowest BCUT2D eigenvalue weighted by Crippen LogP contribution is -2.30. The minimum absolute atomic E-state index is 0.472. The number of rotatable bonds is 3. The smallest absolute Gasteiger partial charge is 0.158 e. The van der Waals surface area contributed by atoms with Gasteiger partial charge < -0.3 is 9.47 Å². The molecule has 3 heteroatoms. The van der Waals surface area contributed by atoms with E-state index in [0.717, 1.165) is 10.2 Å². The fraction of sp³-hybridized carbons (Fsp3) is 0.600. The van der Waals surface area contributed by atoms with E-state index in [-0.39, 0.29) is 0 Å². The molecule has 0 N–H and O–H groups in total. The molecule has 8 heavy (non-hydrogen) atoms. The van der Waals surface area contributed by atoms with Crippen LogP contribution in [-0.2, 0) is 9.47 Å². The summed E-state index contributed by atoms with van der Waals surface area (Å²) in [5.41, 5.74) is -0.472. The molecule has 0 atom stereocenters. The van der Waals surface area contributed by atoms with Crippen LogP contribution in [-0.4, -0.2) is 29.9 Å². The van der Waals surface area contributed by atoms with Crippen molar-refractivity contribution >= 4 is 10.2 Å². The third-order valence-corrected chi connectivity index (χ3v) is 2.41. The van der Waals surface area contributed by atoms with Gasteiger partial charge in [0.05, 0.1) is 10.2 Å². The predicted molar refractivity (Wildman–Crippen MR) is 36.9 cm³/mol. The van der Waals surface area contributed by atoms with Gasteiger partial charge in [0, 0.05) is 14.2 Å². The zero-order valence-corrected chi connectivity index (χ0v) is 7.60. The SMILES string of the molecule is C=CC([SiH3])(OC)OC. The molecule has 0 aromatic carbocycles. The molecule has 48 valence electrons. The number of hydrogen-bond donors (Lipinski definition) is 0. The molecule has 0 aliphatic carbocycles. The molecule has 0 saturated heterocycles. The summed E-state index contributed by atoms with van der Waals surface area (Å²) in [4.78, 5) is 0. The first kappa shape index (κ1) is 7.88. The predicted octanol–water partition coefficient (Wildman–Crippen LogP) is -0.516. The minimum atomic E-state index is -0.472. The maximum absolute atomic E-state index is 4.96. The van der Waals surface area contributed by atoms with Crippen molar-refractivity contribution in [3.05, 3.63) is 12.7 Å². The van der Waals surface area contributed by atoms with Crippen molar-refractivity contribution in [3.63, 3.8) is 0 Å². The maximum Gasteiger partial charge on any atom is 0.158 e. The molecule has 0 aromatic rings. The molecule has 0 heterocycles. The summed E-state index contributed by atoms with van der Waals surface area (Å²) in [6, 6.07) is 0. The lowest BCUT2D eigenvalue weighted by atomic mass is 10.6. The average molecular weight is 132 g/mol. The van der Waals surface area contributed by atoms with Crippen LogP contribution in [0.5, 0.6) is 0 Å². The van der Waals surface area contributed by atoms with Crippen LogP contribution < -0.4 is 0 Å². The third kappa shape index (κ3) is 1.77. The van der Waals surface area contributed by atoms with E-state index < -0.39 is 5.41 Å². The van der Waals surface area contributed by atoms with Crippen molar-refractivity contribution in [2.45, 2.75) is 5.41 Å². The highest BCUT2D eigenvalue weighted by Crippen LogP contribution is 2.04. The van der Waals surface area contributed by atoms with Crippen molar-refractivity contribution in [1.82, 2.24) is 0 Å². The highest BCUT2D eigenvalue weighted by molar-refractivity contribution is 6.14.